The van der Waals surface area contributed by atoms with Crippen LogP contribution in [-0.4, -0.2) is 47.4 Å². The van der Waals surface area contributed by atoms with Gasteiger partial charge in [-0.25, -0.2) is 0 Å². The normalized spacial score (nSPS) is 12.9. The first kappa shape index (κ1) is 17.5. The highest BCUT2D eigenvalue weighted by Gasteiger charge is 2.22. The second kappa shape index (κ2) is 10.5. The number of thioether (sulfide) groups is 1. The zero-order chi connectivity index (χ0) is 13.9. The lowest BCUT2D eigenvalue weighted by atomic mass is 9.86. The summed E-state index contributed by atoms with van der Waals surface area (Å²) in [7, 11) is 0. The van der Waals surface area contributed by atoms with E-state index in [1.165, 1.54) is 0 Å². The fraction of sp³-hybridized carbons (Fsp3) is 0.917. The largest absolute Gasteiger partial charge is 0.409 e. The van der Waals surface area contributed by atoms with Crippen LogP contribution in [0.2, 0.25) is 0 Å². The van der Waals surface area contributed by atoms with Gasteiger partial charge in [0.2, 0.25) is 0 Å². The molecule has 0 rings (SSSR count). The van der Waals surface area contributed by atoms with Crippen molar-refractivity contribution in [3.05, 3.63) is 0 Å². The van der Waals surface area contributed by atoms with E-state index in [4.69, 9.17) is 16.0 Å². The zero-order valence-corrected chi connectivity index (χ0v) is 12.3. The fourth-order valence-corrected chi connectivity index (χ4v) is 2.28. The number of nitrogens with one attached hydrogen (secondary N) is 1. The van der Waals surface area contributed by atoms with Crippen molar-refractivity contribution < 1.29 is 10.3 Å². The van der Waals surface area contributed by atoms with Crippen LogP contribution in [0.15, 0.2) is 5.16 Å². The van der Waals surface area contributed by atoms with Crippen LogP contribution in [-0.2, 0) is 0 Å². The van der Waals surface area contributed by atoms with Gasteiger partial charge in [0.05, 0.1) is 0 Å². The molecule has 0 aromatic carbocycles. The molecule has 0 saturated carbocycles. The Hall–Kier alpha value is -0.460. The Morgan fingerprint density at radius 3 is 2.61 bits per heavy atom. The van der Waals surface area contributed by atoms with E-state index in [9.17, 15) is 0 Å². The first-order valence-corrected chi connectivity index (χ1v) is 7.57. The predicted molar refractivity (Wildman–Crippen MR) is 78.3 cm³/mol. The number of aliphatic hydroxyl groups is 1. The monoisotopic (exact) mass is 277 g/mol. The SMILES string of the molecule is CC(C)(CCCNCCSCCCO)C(N)=NO. The maximum absolute atomic E-state index is 8.64. The molecule has 0 aliphatic heterocycles. The van der Waals surface area contributed by atoms with Crippen LogP contribution >= 0.6 is 11.8 Å². The third kappa shape index (κ3) is 8.60. The van der Waals surface area contributed by atoms with Gasteiger partial charge in [-0.15, -0.1) is 0 Å². The molecule has 6 heteroatoms. The molecule has 0 heterocycles. The Labute approximate surface area is 114 Å². The third-order valence-corrected chi connectivity index (χ3v) is 3.90. The van der Waals surface area contributed by atoms with Crippen LogP contribution in [0.5, 0.6) is 0 Å². The lowest BCUT2D eigenvalue weighted by molar-refractivity contribution is 0.296. The van der Waals surface area contributed by atoms with Crippen LogP contribution in [0.4, 0.5) is 0 Å². The van der Waals surface area contributed by atoms with E-state index in [1.54, 1.807) is 0 Å². The Balaban J connectivity index is 3.40. The van der Waals surface area contributed by atoms with Crippen molar-refractivity contribution >= 4 is 17.6 Å². The highest BCUT2D eigenvalue weighted by atomic mass is 32.2. The summed E-state index contributed by atoms with van der Waals surface area (Å²) < 4.78 is 0. The van der Waals surface area contributed by atoms with Gasteiger partial charge in [0, 0.05) is 24.3 Å². The maximum Gasteiger partial charge on any atom is 0.144 e. The Kier molecular flexibility index (Phi) is 10.2. The fourth-order valence-electron chi connectivity index (χ4n) is 1.46. The molecule has 0 atom stereocenters. The molecule has 0 aliphatic rings. The number of hydrogen-bond acceptors (Lipinski definition) is 5. The van der Waals surface area contributed by atoms with Crippen molar-refractivity contribution in [3.8, 4) is 0 Å². The van der Waals surface area contributed by atoms with Gasteiger partial charge in [0.25, 0.3) is 0 Å². The van der Waals surface area contributed by atoms with Crippen molar-refractivity contribution in [2.24, 2.45) is 16.3 Å². The second-order valence-corrected chi connectivity index (χ2v) is 6.14. The van der Waals surface area contributed by atoms with Crippen molar-refractivity contribution in [2.75, 3.05) is 31.2 Å². The van der Waals surface area contributed by atoms with Crippen molar-refractivity contribution in [1.29, 1.82) is 0 Å². The molecule has 0 radical (unpaired) electrons. The topological polar surface area (TPSA) is 90.9 Å². The van der Waals surface area contributed by atoms with Gasteiger partial charge in [0.15, 0.2) is 0 Å². The van der Waals surface area contributed by atoms with Crippen LogP contribution in [0.3, 0.4) is 0 Å². The van der Waals surface area contributed by atoms with Gasteiger partial charge >= 0.3 is 0 Å². The van der Waals surface area contributed by atoms with E-state index >= 15 is 0 Å². The van der Waals surface area contributed by atoms with Crippen molar-refractivity contribution in [2.45, 2.75) is 33.1 Å². The highest BCUT2D eigenvalue weighted by molar-refractivity contribution is 7.99. The number of aliphatic hydroxyl groups excluding tert-OH is 1. The smallest absolute Gasteiger partial charge is 0.144 e. The van der Waals surface area contributed by atoms with Gasteiger partial charge in [-0.05, 0) is 31.6 Å². The summed E-state index contributed by atoms with van der Waals surface area (Å²) in [5.74, 6) is 2.39. The Bertz CT molecular complexity index is 235. The lowest BCUT2D eigenvalue weighted by Gasteiger charge is -2.22. The molecule has 108 valence electrons. The number of amidine groups is 1. The summed E-state index contributed by atoms with van der Waals surface area (Å²) in [6.45, 7) is 6.17. The minimum atomic E-state index is -0.244. The molecule has 0 aliphatic carbocycles. The molecule has 18 heavy (non-hydrogen) atoms. The van der Waals surface area contributed by atoms with Crippen LogP contribution in [0.25, 0.3) is 0 Å². The minimum absolute atomic E-state index is 0.244. The number of hydrogen-bond donors (Lipinski definition) is 4. The molecular formula is C12H27N3O2S. The Morgan fingerprint density at radius 2 is 2.00 bits per heavy atom. The molecule has 0 saturated heterocycles. The second-order valence-electron chi connectivity index (χ2n) is 4.91. The molecule has 0 spiro atoms. The summed E-state index contributed by atoms with van der Waals surface area (Å²) in [6, 6.07) is 0. The van der Waals surface area contributed by atoms with E-state index in [1.807, 2.05) is 25.6 Å². The predicted octanol–water partition coefficient (Wildman–Crippen LogP) is 1.24. The Morgan fingerprint density at radius 1 is 1.28 bits per heavy atom. The average Bonchev–Trinajstić information content (AvgIpc) is 2.35. The van der Waals surface area contributed by atoms with E-state index < -0.39 is 0 Å². The van der Waals surface area contributed by atoms with Gasteiger partial charge in [0.1, 0.15) is 5.84 Å². The average molecular weight is 277 g/mol. The van der Waals surface area contributed by atoms with Crippen LogP contribution in [0.1, 0.15) is 33.1 Å². The van der Waals surface area contributed by atoms with Crippen LogP contribution < -0.4 is 11.1 Å². The van der Waals surface area contributed by atoms with Crippen molar-refractivity contribution in [1.82, 2.24) is 5.32 Å². The molecule has 5 nitrogen and oxygen atoms in total. The van der Waals surface area contributed by atoms with E-state index in [0.717, 1.165) is 43.9 Å². The molecule has 0 amide bonds. The van der Waals surface area contributed by atoms with E-state index in [-0.39, 0.29) is 12.0 Å². The standard InChI is InChI=1S/C12H27N3O2S/c1-12(2,11(13)15-17)5-3-6-14-7-10-18-9-4-8-16/h14,16-17H,3-10H2,1-2H3,(H2,13,15). The summed E-state index contributed by atoms with van der Waals surface area (Å²) in [5.41, 5.74) is 5.37. The van der Waals surface area contributed by atoms with Crippen LogP contribution in [0, 0.1) is 5.41 Å². The first-order valence-electron chi connectivity index (χ1n) is 6.42. The molecular weight excluding hydrogens is 250 g/mol. The number of oxime groups is 1. The number of rotatable bonds is 11. The molecule has 0 unspecified atom stereocenters. The number of nitrogens with zero attached hydrogens (tertiary/aromatic N) is 1. The maximum atomic E-state index is 8.64. The molecule has 5 N–H and O–H groups in total. The third-order valence-electron chi connectivity index (χ3n) is 2.83. The van der Waals surface area contributed by atoms with Gasteiger partial charge in [-0.1, -0.05) is 19.0 Å². The summed E-state index contributed by atoms with van der Waals surface area (Å²) in [5, 5.41) is 23.7. The molecule has 0 fully saturated rings. The van der Waals surface area contributed by atoms with Gasteiger partial charge in [-0.2, -0.15) is 11.8 Å². The lowest BCUT2D eigenvalue weighted by Crippen LogP contribution is -2.32. The summed E-state index contributed by atoms with van der Waals surface area (Å²) in [4.78, 5) is 0. The highest BCUT2D eigenvalue weighted by Crippen LogP contribution is 2.21. The molecule has 0 bridgehead atoms. The van der Waals surface area contributed by atoms with Crippen molar-refractivity contribution in [3.63, 3.8) is 0 Å². The quantitative estimate of drug-likeness (QED) is 0.150. The first-order chi connectivity index (χ1) is 8.54. The molecule has 0 aromatic heterocycles. The zero-order valence-electron chi connectivity index (χ0n) is 11.5. The molecule has 0 aromatic rings. The van der Waals surface area contributed by atoms with E-state index in [0.29, 0.717) is 5.84 Å². The summed E-state index contributed by atoms with van der Waals surface area (Å²) >= 11 is 1.86. The van der Waals surface area contributed by atoms with Gasteiger partial charge in [-0.3, -0.25) is 0 Å². The number of nitrogens with two attached hydrogens (primary N) is 1. The minimum Gasteiger partial charge on any atom is -0.409 e. The van der Waals surface area contributed by atoms with E-state index in [2.05, 4.69) is 10.5 Å². The van der Waals surface area contributed by atoms with Gasteiger partial charge < -0.3 is 21.4 Å². The summed E-state index contributed by atoms with van der Waals surface area (Å²) in [6.07, 6.45) is 2.77.